The minimum atomic E-state index is -1.25. The van der Waals surface area contributed by atoms with Gasteiger partial charge in [0.25, 0.3) is 5.56 Å². The molecule has 7 nitrogen and oxygen atoms in total. The number of carbonyl (C=O) groups is 2. The summed E-state index contributed by atoms with van der Waals surface area (Å²) in [6, 6.07) is 10.8. The van der Waals surface area contributed by atoms with Crippen LogP contribution in [0.1, 0.15) is 12.0 Å². The van der Waals surface area contributed by atoms with Crippen LogP contribution >= 0.6 is 11.3 Å². The van der Waals surface area contributed by atoms with Gasteiger partial charge in [0.15, 0.2) is 0 Å². The van der Waals surface area contributed by atoms with Crippen molar-refractivity contribution < 1.29 is 44.3 Å². The summed E-state index contributed by atoms with van der Waals surface area (Å²) in [6.45, 7) is 0.471. The maximum atomic E-state index is 12.3. The minimum Gasteiger partial charge on any atom is -0.550 e. The van der Waals surface area contributed by atoms with Crippen LogP contribution in [0.3, 0.4) is 0 Å². The molecule has 28 heavy (non-hydrogen) atoms. The van der Waals surface area contributed by atoms with Gasteiger partial charge in [-0.3, -0.25) is 14.2 Å². The number of fused-ring (bicyclic) bond motifs is 1. The molecule has 3 aromatic rings. The average molecular weight is 407 g/mol. The fourth-order valence-electron chi connectivity index (χ4n) is 2.80. The Morgan fingerprint density at radius 1 is 1.21 bits per heavy atom. The molecule has 140 valence electrons. The first-order chi connectivity index (χ1) is 13.0. The van der Waals surface area contributed by atoms with E-state index >= 15 is 0 Å². The van der Waals surface area contributed by atoms with E-state index in [2.05, 4.69) is 10.3 Å². The zero-order chi connectivity index (χ0) is 19.2. The maximum Gasteiger partial charge on any atom is 1.00 e. The number of nitrogens with zero attached hydrogens (tertiary/aromatic N) is 2. The fourth-order valence-corrected chi connectivity index (χ4v) is 3.53. The summed E-state index contributed by atoms with van der Waals surface area (Å²) in [5, 5.41) is 16.3. The van der Waals surface area contributed by atoms with Crippen LogP contribution < -0.4 is 45.5 Å². The second kappa shape index (κ2) is 10.5. The van der Waals surface area contributed by atoms with Gasteiger partial charge in [-0.05, 0) is 23.4 Å². The summed E-state index contributed by atoms with van der Waals surface area (Å²) in [6.07, 6.45) is 1.51. The summed E-state index contributed by atoms with van der Waals surface area (Å²) >= 11 is 1.39. The smallest absolute Gasteiger partial charge is 0.550 e. The van der Waals surface area contributed by atoms with Crippen LogP contribution in [0.15, 0.2) is 52.9 Å². The summed E-state index contributed by atoms with van der Waals surface area (Å²) in [4.78, 5) is 40.6. The van der Waals surface area contributed by atoms with Crippen molar-refractivity contribution in [2.45, 2.75) is 19.4 Å². The quantitative estimate of drug-likeness (QED) is 0.419. The Morgan fingerprint density at radius 2 is 1.96 bits per heavy atom. The molecule has 0 spiro atoms. The van der Waals surface area contributed by atoms with E-state index in [1.807, 2.05) is 30.3 Å². The van der Waals surface area contributed by atoms with E-state index in [1.54, 1.807) is 11.4 Å². The molecule has 0 fully saturated rings. The minimum absolute atomic E-state index is 0. The maximum absolute atomic E-state index is 12.3. The number of thiophene rings is 1. The van der Waals surface area contributed by atoms with Crippen LogP contribution in [-0.4, -0.2) is 28.0 Å². The van der Waals surface area contributed by atoms with Crippen LogP contribution in [-0.2, 0) is 22.6 Å². The van der Waals surface area contributed by atoms with Crippen molar-refractivity contribution in [2.24, 2.45) is 5.92 Å². The number of carboxylic acid groups (broad SMARTS) is 1. The second-order valence-corrected chi connectivity index (χ2v) is 7.04. The zero-order valence-electron chi connectivity index (χ0n) is 15.5. The molecule has 1 aromatic carbocycles. The van der Waals surface area contributed by atoms with Crippen LogP contribution in [0.5, 0.6) is 0 Å². The molecule has 1 N–H and O–H groups in total. The number of aromatic nitrogens is 2. The van der Waals surface area contributed by atoms with Gasteiger partial charge in [0.2, 0.25) is 5.91 Å². The number of benzene rings is 1. The van der Waals surface area contributed by atoms with E-state index in [-0.39, 0.29) is 61.0 Å². The molecule has 1 atom stereocenters. The normalized spacial score (nSPS) is 11.6. The van der Waals surface area contributed by atoms with E-state index in [0.29, 0.717) is 10.2 Å². The van der Waals surface area contributed by atoms with Crippen molar-refractivity contribution >= 4 is 33.4 Å². The van der Waals surface area contributed by atoms with E-state index in [4.69, 9.17) is 0 Å². The largest absolute Gasteiger partial charge is 1.00 e. The molecule has 9 heteroatoms. The Labute approximate surface area is 187 Å². The molecule has 1 amide bonds. The molecule has 3 rings (SSSR count). The van der Waals surface area contributed by atoms with Crippen molar-refractivity contribution in [1.29, 1.82) is 0 Å². The Morgan fingerprint density at radius 3 is 2.68 bits per heavy atom. The summed E-state index contributed by atoms with van der Waals surface area (Å²) in [7, 11) is 0. The van der Waals surface area contributed by atoms with E-state index in [9.17, 15) is 19.5 Å². The molecule has 0 radical (unpaired) electrons. The number of aliphatic carboxylic acids is 1. The van der Waals surface area contributed by atoms with Crippen LogP contribution in [0.4, 0.5) is 0 Å². The molecule has 1 unspecified atom stereocenters. The molecule has 2 heterocycles. The number of amides is 1. The van der Waals surface area contributed by atoms with Gasteiger partial charge in [-0.2, -0.15) is 0 Å². The van der Waals surface area contributed by atoms with Gasteiger partial charge in [0.05, 0.1) is 11.7 Å². The predicted octanol–water partition coefficient (Wildman–Crippen LogP) is -2.42. The first kappa shape index (κ1) is 22.3. The predicted molar refractivity (Wildman–Crippen MR) is 100 cm³/mol. The number of nitrogens with one attached hydrogen (secondary N) is 1. The first-order valence-electron chi connectivity index (χ1n) is 8.48. The van der Waals surface area contributed by atoms with Crippen molar-refractivity contribution in [3.05, 3.63) is 64.0 Å². The summed E-state index contributed by atoms with van der Waals surface area (Å²) in [5.41, 5.74) is 0.674. The Balaban J connectivity index is 0.00000280. The van der Waals surface area contributed by atoms with Crippen LogP contribution in [0.2, 0.25) is 0 Å². The van der Waals surface area contributed by atoms with Gasteiger partial charge < -0.3 is 15.2 Å². The molecule has 0 aliphatic carbocycles. The van der Waals surface area contributed by atoms with Gasteiger partial charge in [-0.25, -0.2) is 4.98 Å². The number of rotatable bonds is 8. The summed E-state index contributed by atoms with van der Waals surface area (Å²) in [5.74, 6) is -2.55. The van der Waals surface area contributed by atoms with E-state index in [1.165, 1.54) is 22.2 Å². The molecular formula is C19H18N3NaO4S. The van der Waals surface area contributed by atoms with E-state index < -0.39 is 17.8 Å². The molecule has 0 aliphatic heterocycles. The first-order valence-corrected chi connectivity index (χ1v) is 9.36. The van der Waals surface area contributed by atoms with Crippen molar-refractivity contribution in [3.8, 4) is 0 Å². The van der Waals surface area contributed by atoms with Gasteiger partial charge in [0.1, 0.15) is 4.83 Å². The standard InChI is InChI=1S/C19H19N3O4S.Na/c23-16(11-14(19(25)26)10-13-4-2-1-3-5-13)20-7-8-22-12-21-17-15(18(22)24)6-9-27-17;/h1-6,9,12,14H,7-8,10-11H2,(H,20,23)(H,25,26);/q;+1/p-1. The molecule has 0 saturated heterocycles. The van der Waals surface area contributed by atoms with Gasteiger partial charge in [-0.1, -0.05) is 30.3 Å². The van der Waals surface area contributed by atoms with Crippen LogP contribution in [0.25, 0.3) is 10.2 Å². The molecule has 2 aromatic heterocycles. The molecule has 0 aliphatic rings. The molecule has 0 bridgehead atoms. The monoisotopic (exact) mass is 407 g/mol. The average Bonchev–Trinajstić information content (AvgIpc) is 3.13. The third kappa shape index (κ3) is 5.75. The topological polar surface area (TPSA) is 104 Å². The number of hydrogen-bond donors (Lipinski definition) is 1. The zero-order valence-corrected chi connectivity index (χ0v) is 18.3. The van der Waals surface area contributed by atoms with Crippen molar-refractivity contribution in [1.82, 2.24) is 14.9 Å². The Kier molecular flexibility index (Phi) is 8.37. The fraction of sp³-hybridized carbons (Fsp3) is 0.263. The van der Waals surface area contributed by atoms with E-state index in [0.717, 1.165) is 5.56 Å². The van der Waals surface area contributed by atoms with Gasteiger partial charge >= 0.3 is 29.6 Å². The molecular weight excluding hydrogens is 389 g/mol. The van der Waals surface area contributed by atoms with Crippen molar-refractivity contribution in [3.63, 3.8) is 0 Å². The van der Waals surface area contributed by atoms with Crippen molar-refractivity contribution in [2.75, 3.05) is 6.54 Å². The van der Waals surface area contributed by atoms with Gasteiger partial charge in [-0.15, -0.1) is 11.3 Å². The Hall–Kier alpha value is -2.00. The summed E-state index contributed by atoms with van der Waals surface area (Å²) < 4.78 is 1.43. The SMILES string of the molecule is O=C(CC(Cc1ccccc1)C(=O)[O-])NCCn1cnc2sccc2c1=O.[Na+]. The molecule has 0 saturated carbocycles. The number of hydrogen-bond acceptors (Lipinski definition) is 6. The number of carboxylic acids is 1. The third-order valence-electron chi connectivity index (χ3n) is 4.22. The van der Waals surface area contributed by atoms with Crippen LogP contribution in [0, 0.1) is 5.92 Å². The van der Waals surface area contributed by atoms with Gasteiger partial charge in [0, 0.05) is 31.4 Å². The Bertz CT molecular complexity index is 1000. The number of carbonyl (C=O) groups excluding carboxylic acids is 2. The third-order valence-corrected chi connectivity index (χ3v) is 5.04. The second-order valence-electron chi connectivity index (χ2n) is 6.14.